The average molecular weight is 405 g/mol. The van der Waals surface area contributed by atoms with Gasteiger partial charge in [0.25, 0.3) is 5.91 Å². The number of rotatable bonds is 9. The van der Waals surface area contributed by atoms with Crippen LogP contribution in [0, 0.1) is 0 Å². The maximum Gasteiger partial charge on any atom is 0.306 e. The molecule has 0 unspecified atom stereocenters. The van der Waals surface area contributed by atoms with Crippen LogP contribution in [-0.2, 0) is 19.1 Å². The predicted molar refractivity (Wildman–Crippen MR) is 107 cm³/mol. The zero-order valence-electron chi connectivity index (χ0n) is 15.4. The highest BCUT2D eigenvalue weighted by Gasteiger charge is 2.11. The van der Waals surface area contributed by atoms with E-state index < -0.39 is 11.9 Å². The summed E-state index contributed by atoms with van der Waals surface area (Å²) in [5, 5.41) is 5.77. The van der Waals surface area contributed by atoms with Gasteiger partial charge in [-0.1, -0.05) is 29.8 Å². The minimum Gasteiger partial charge on any atom is -0.495 e. The normalized spacial score (nSPS) is 10.1. The Morgan fingerprint density at radius 3 is 2.43 bits per heavy atom. The third-order valence-corrected chi connectivity index (χ3v) is 3.88. The number of para-hydroxylation sites is 1. The standard InChI is InChI=1S/C20H21ClN2O5/c1-27-17-11-10-14(21)12-16(17)23-18(24)8-5-9-20(26)28-13-19(25)22-15-6-3-2-4-7-15/h2-4,6-7,10-12H,5,8-9,13H2,1H3,(H,22,25)(H,23,24). The van der Waals surface area contributed by atoms with Crippen LogP contribution >= 0.6 is 11.6 Å². The Labute approximate surface area is 168 Å². The van der Waals surface area contributed by atoms with Crippen molar-refractivity contribution in [3.8, 4) is 5.75 Å². The van der Waals surface area contributed by atoms with Crippen LogP contribution in [0.15, 0.2) is 48.5 Å². The summed E-state index contributed by atoms with van der Waals surface area (Å²) in [5.74, 6) is -0.765. The van der Waals surface area contributed by atoms with Crippen molar-refractivity contribution in [3.63, 3.8) is 0 Å². The Hall–Kier alpha value is -3.06. The number of methoxy groups -OCH3 is 1. The summed E-state index contributed by atoms with van der Waals surface area (Å²) in [6.07, 6.45) is 0.424. The van der Waals surface area contributed by atoms with E-state index >= 15 is 0 Å². The number of esters is 1. The minimum absolute atomic E-state index is 0.0265. The topological polar surface area (TPSA) is 93.7 Å². The fraction of sp³-hybridized carbons (Fsp3) is 0.250. The highest BCUT2D eigenvalue weighted by Crippen LogP contribution is 2.27. The Morgan fingerprint density at radius 1 is 0.964 bits per heavy atom. The van der Waals surface area contributed by atoms with E-state index in [1.54, 1.807) is 42.5 Å². The van der Waals surface area contributed by atoms with Gasteiger partial charge < -0.3 is 20.1 Å². The summed E-state index contributed by atoms with van der Waals surface area (Å²) in [5.41, 5.74) is 1.08. The summed E-state index contributed by atoms with van der Waals surface area (Å²) in [6.45, 7) is -0.375. The van der Waals surface area contributed by atoms with Crippen molar-refractivity contribution in [2.75, 3.05) is 24.4 Å². The molecular weight excluding hydrogens is 384 g/mol. The Bertz CT molecular complexity index is 827. The lowest BCUT2D eigenvalue weighted by Gasteiger charge is -2.10. The summed E-state index contributed by atoms with van der Waals surface area (Å²) in [4.78, 5) is 35.4. The smallest absolute Gasteiger partial charge is 0.306 e. The summed E-state index contributed by atoms with van der Waals surface area (Å²) in [6, 6.07) is 13.7. The second kappa shape index (κ2) is 10.9. The molecule has 0 radical (unpaired) electrons. The molecule has 0 bridgehead atoms. The van der Waals surface area contributed by atoms with Crippen molar-refractivity contribution in [1.82, 2.24) is 0 Å². The molecule has 2 aromatic rings. The van der Waals surface area contributed by atoms with E-state index in [-0.39, 0.29) is 31.8 Å². The van der Waals surface area contributed by atoms with E-state index in [2.05, 4.69) is 10.6 Å². The second-order valence-corrected chi connectivity index (χ2v) is 6.26. The Balaban J connectivity index is 1.67. The molecule has 0 saturated heterocycles. The zero-order chi connectivity index (χ0) is 20.4. The lowest BCUT2D eigenvalue weighted by Crippen LogP contribution is -2.21. The van der Waals surface area contributed by atoms with E-state index in [1.165, 1.54) is 7.11 Å². The van der Waals surface area contributed by atoms with Gasteiger partial charge in [-0.3, -0.25) is 14.4 Å². The number of nitrogens with one attached hydrogen (secondary N) is 2. The van der Waals surface area contributed by atoms with Gasteiger partial charge in [-0.15, -0.1) is 0 Å². The number of carbonyl (C=O) groups is 3. The molecule has 7 nitrogen and oxygen atoms in total. The van der Waals surface area contributed by atoms with Gasteiger partial charge in [0.05, 0.1) is 12.8 Å². The van der Waals surface area contributed by atoms with E-state index in [9.17, 15) is 14.4 Å². The SMILES string of the molecule is COc1ccc(Cl)cc1NC(=O)CCCC(=O)OCC(=O)Nc1ccccc1. The molecule has 2 rings (SSSR count). The zero-order valence-corrected chi connectivity index (χ0v) is 16.1. The number of amides is 2. The number of hydrogen-bond donors (Lipinski definition) is 2. The molecule has 0 aliphatic rings. The third-order valence-electron chi connectivity index (χ3n) is 3.64. The van der Waals surface area contributed by atoms with Gasteiger partial charge in [0.2, 0.25) is 5.91 Å². The van der Waals surface area contributed by atoms with E-state index in [0.29, 0.717) is 22.1 Å². The fourth-order valence-electron chi connectivity index (χ4n) is 2.32. The molecule has 0 heterocycles. The van der Waals surface area contributed by atoms with Gasteiger partial charge in [0.1, 0.15) is 5.75 Å². The predicted octanol–water partition coefficient (Wildman–Crippen LogP) is 3.64. The van der Waals surface area contributed by atoms with Crippen molar-refractivity contribution in [3.05, 3.63) is 53.6 Å². The molecule has 28 heavy (non-hydrogen) atoms. The third kappa shape index (κ3) is 7.28. The van der Waals surface area contributed by atoms with Gasteiger partial charge in [-0.2, -0.15) is 0 Å². The maximum atomic E-state index is 12.0. The van der Waals surface area contributed by atoms with Crippen LogP contribution in [0.3, 0.4) is 0 Å². The molecule has 0 saturated carbocycles. The van der Waals surface area contributed by atoms with Crippen LogP contribution in [0.2, 0.25) is 5.02 Å². The number of anilines is 2. The summed E-state index contributed by atoms with van der Waals surface area (Å²) in [7, 11) is 1.49. The minimum atomic E-state index is -0.545. The highest BCUT2D eigenvalue weighted by atomic mass is 35.5. The van der Waals surface area contributed by atoms with Crippen molar-refractivity contribution >= 4 is 40.8 Å². The monoisotopic (exact) mass is 404 g/mol. The number of ether oxygens (including phenoxy) is 2. The average Bonchev–Trinajstić information content (AvgIpc) is 2.67. The first kappa shape index (κ1) is 21.2. The Morgan fingerprint density at radius 2 is 1.71 bits per heavy atom. The van der Waals surface area contributed by atoms with Crippen LogP contribution in [0.25, 0.3) is 0 Å². The van der Waals surface area contributed by atoms with Crippen molar-refractivity contribution in [2.45, 2.75) is 19.3 Å². The molecule has 148 valence electrons. The number of benzene rings is 2. The highest BCUT2D eigenvalue weighted by molar-refractivity contribution is 6.31. The summed E-state index contributed by atoms with van der Waals surface area (Å²) >= 11 is 5.91. The van der Waals surface area contributed by atoms with Gasteiger partial charge >= 0.3 is 5.97 Å². The van der Waals surface area contributed by atoms with Crippen molar-refractivity contribution in [1.29, 1.82) is 0 Å². The molecule has 8 heteroatoms. The number of carbonyl (C=O) groups excluding carboxylic acids is 3. The van der Waals surface area contributed by atoms with Crippen LogP contribution in [-0.4, -0.2) is 31.5 Å². The lowest BCUT2D eigenvalue weighted by atomic mass is 10.2. The molecule has 2 N–H and O–H groups in total. The molecule has 2 amide bonds. The van der Waals surface area contributed by atoms with E-state index in [0.717, 1.165) is 0 Å². The van der Waals surface area contributed by atoms with Crippen LogP contribution < -0.4 is 15.4 Å². The molecule has 0 aromatic heterocycles. The first-order valence-corrected chi connectivity index (χ1v) is 8.99. The molecule has 0 atom stereocenters. The van der Waals surface area contributed by atoms with Crippen molar-refractivity contribution in [2.24, 2.45) is 0 Å². The fourth-order valence-corrected chi connectivity index (χ4v) is 2.49. The van der Waals surface area contributed by atoms with Gasteiger partial charge in [-0.05, 0) is 36.8 Å². The molecule has 2 aromatic carbocycles. The number of halogens is 1. The first-order valence-electron chi connectivity index (χ1n) is 8.62. The van der Waals surface area contributed by atoms with Gasteiger partial charge in [0.15, 0.2) is 6.61 Å². The summed E-state index contributed by atoms with van der Waals surface area (Å²) < 4.78 is 10.1. The molecule has 0 aliphatic carbocycles. The van der Waals surface area contributed by atoms with Crippen LogP contribution in [0.1, 0.15) is 19.3 Å². The first-order chi connectivity index (χ1) is 13.5. The maximum absolute atomic E-state index is 12.0. The van der Waals surface area contributed by atoms with E-state index in [4.69, 9.17) is 21.1 Å². The quantitative estimate of drug-likeness (QED) is 0.622. The lowest BCUT2D eigenvalue weighted by molar-refractivity contribution is -0.147. The van der Waals surface area contributed by atoms with Gasteiger partial charge in [0, 0.05) is 23.6 Å². The largest absolute Gasteiger partial charge is 0.495 e. The van der Waals surface area contributed by atoms with E-state index in [1.807, 2.05) is 6.07 Å². The number of hydrogen-bond acceptors (Lipinski definition) is 5. The second-order valence-electron chi connectivity index (χ2n) is 5.82. The molecule has 0 fully saturated rings. The Kier molecular flexibility index (Phi) is 8.30. The van der Waals surface area contributed by atoms with Gasteiger partial charge in [-0.25, -0.2) is 0 Å². The molecular formula is C20H21ClN2O5. The van der Waals surface area contributed by atoms with Crippen LogP contribution in [0.4, 0.5) is 11.4 Å². The molecule has 0 aliphatic heterocycles. The van der Waals surface area contributed by atoms with Crippen molar-refractivity contribution < 1.29 is 23.9 Å². The molecule has 0 spiro atoms. The van der Waals surface area contributed by atoms with Crippen LogP contribution in [0.5, 0.6) is 5.75 Å².